The van der Waals surface area contributed by atoms with E-state index < -0.39 is 6.36 Å². The molecule has 0 spiro atoms. The van der Waals surface area contributed by atoms with Crippen LogP contribution in [0.4, 0.5) is 18.9 Å². The van der Waals surface area contributed by atoms with Gasteiger partial charge in [-0.1, -0.05) is 15.9 Å². The first-order valence-electron chi connectivity index (χ1n) is 6.12. The molecule has 1 heterocycles. The van der Waals surface area contributed by atoms with E-state index in [4.69, 9.17) is 0 Å². The number of anilines is 1. The summed E-state index contributed by atoms with van der Waals surface area (Å²) in [5, 5.41) is 5.02. The van der Waals surface area contributed by atoms with Crippen molar-refractivity contribution in [1.29, 1.82) is 0 Å². The Hall–Kier alpha value is -1.21. The average molecular weight is 380 g/mol. The summed E-state index contributed by atoms with van der Waals surface area (Å²) >= 11 is 4.71. The van der Waals surface area contributed by atoms with Crippen molar-refractivity contribution in [2.75, 3.05) is 5.32 Å². The highest BCUT2D eigenvalue weighted by atomic mass is 79.9. The van der Waals surface area contributed by atoms with E-state index in [1.807, 2.05) is 25.3 Å². The Bertz CT molecular complexity index is 627. The van der Waals surface area contributed by atoms with Gasteiger partial charge in [0.05, 0.1) is 11.7 Å². The number of benzene rings is 1. The zero-order valence-electron chi connectivity index (χ0n) is 11.3. The van der Waals surface area contributed by atoms with E-state index in [2.05, 4.69) is 26.0 Å². The summed E-state index contributed by atoms with van der Waals surface area (Å²) in [6.07, 6.45) is -4.72. The number of aryl methyl sites for hydroxylation is 1. The highest BCUT2D eigenvalue weighted by molar-refractivity contribution is 9.10. The lowest BCUT2D eigenvalue weighted by molar-refractivity contribution is -0.274. The Morgan fingerprint density at radius 2 is 2.00 bits per heavy atom. The number of thiophene rings is 1. The Balaban J connectivity index is 2.25. The topological polar surface area (TPSA) is 21.3 Å². The van der Waals surface area contributed by atoms with Crippen LogP contribution in [0.1, 0.15) is 23.4 Å². The second kappa shape index (κ2) is 6.27. The van der Waals surface area contributed by atoms with Crippen LogP contribution in [0.25, 0.3) is 0 Å². The van der Waals surface area contributed by atoms with Crippen molar-refractivity contribution in [3.05, 3.63) is 44.6 Å². The summed E-state index contributed by atoms with van der Waals surface area (Å²) in [6, 6.07) is 6.39. The molecule has 1 aromatic heterocycles. The molecule has 1 N–H and O–H groups in total. The lowest BCUT2D eigenvalue weighted by Crippen LogP contribution is -2.18. The molecule has 1 unspecified atom stereocenters. The largest absolute Gasteiger partial charge is 0.573 e. The van der Waals surface area contributed by atoms with Crippen LogP contribution >= 0.6 is 27.3 Å². The van der Waals surface area contributed by atoms with Crippen LogP contribution in [0.5, 0.6) is 5.75 Å². The second-order valence-corrected chi connectivity index (χ2v) is 6.39. The van der Waals surface area contributed by atoms with Crippen LogP contribution in [0.2, 0.25) is 0 Å². The number of nitrogens with one attached hydrogen (secondary N) is 1. The Kier molecular flexibility index (Phi) is 4.83. The minimum Gasteiger partial charge on any atom is -0.404 e. The van der Waals surface area contributed by atoms with Gasteiger partial charge in [-0.2, -0.15) is 0 Å². The molecular weight excluding hydrogens is 367 g/mol. The summed E-state index contributed by atoms with van der Waals surface area (Å²) in [5.41, 5.74) is 1.41. The molecule has 0 amide bonds. The van der Waals surface area contributed by atoms with Crippen molar-refractivity contribution in [2.24, 2.45) is 0 Å². The van der Waals surface area contributed by atoms with E-state index >= 15 is 0 Å². The fraction of sp³-hybridized carbons (Fsp3) is 0.286. The standard InChI is InChI=1S/C14H13BrF3NOS/c1-8-5-6-21-13(8)9(2)19-11-4-3-10(15)7-12(11)20-14(16,17)18/h3-7,9,19H,1-2H3. The van der Waals surface area contributed by atoms with Crippen LogP contribution in [0, 0.1) is 6.92 Å². The molecular formula is C14H13BrF3NOS. The van der Waals surface area contributed by atoms with Crippen molar-refractivity contribution in [2.45, 2.75) is 26.3 Å². The maximum atomic E-state index is 12.5. The molecule has 0 saturated carbocycles. The Morgan fingerprint density at radius 1 is 1.29 bits per heavy atom. The highest BCUT2D eigenvalue weighted by Gasteiger charge is 2.32. The molecule has 1 atom stereocenters. The van der Waals surface area contributed by atoms with Crippen molar-refractivity contribution >= 4 is 33.0 Å². The van der Waals surface area contributed by atoms with Gasteiger partial charge in [-0.05, 0) is 49.1 Å². The predicted octanol–water partition coefficient (Wildman–Crippen LogP) is 5.89. The van der Waals surface area contributed by atoms with E-state index in [9.17, 15) is 13.2 Å². The van der Waals surface area contributed by atoms with Gasteiger partial charge in [0.15, 0.2) is 5.75 Å². The lowest BCUT2D eigenvalue weighted by atomic mass is 10.2. The van der Waals surface area contributed by atoms with Crippen LogP contribution in [-0.2, 0) is 0 Å². The zero-order chi connectivity index (χ0) is 15.6. The molecule has 0 radical (unpaired) electrons. The van der Waals surface area contributed by atoms with Crippen LogP contribution in [0.15, 0.2) is 34.1 Å². The van der Waals surface area contributed by atoms with Crippen molar-refractivity contribution in [3.63, 3.8) is 0 Å². The zero-order valence-corrected chi connectivity index (χ0v) is 13.7. The number of hydrogen-bond acceptors (Lipinski definition) is 3. The molecule has 2 nitrogen and oxygen atoms in total. The summed E-state index contributed by atoms with van der Waals surface area (Å²) in [5.74, 6) is -0.252. The van der Waals surface area contributed by atoms with Gasteiger partial charge in [0.25, 0.3) is 0 Å². The maximum absolute atomic E-state index is 12.5. The summed E-state index contributed by atoms with van der Waals surface area (Å²) in [4.78, 5) is 1.08. The molecule has 21 heavy (non-hydrogen) atoms. The van der Waals surface area contributed by atoms with Gasteiger partial charge in [0.2, 0.25) is 0 Å². The number of rotatable bonds is 4. The Morgan fingerprint density at radius 3 is 2.57 bits per heavy atom. The minimum atomic E-state index is -4.72. The fourth-order valence-corrected chi connectivity index (χ4v) is 3.23. The third-order valence-electron chi connectivity index (χ3n) is 2.84. The molecule has 7 heteroatoms. The molecule has 2 rings (SSSR count). The van der Waals surface area contributed by atoms with Gasteiger partial charge in [-0.3, -0.25) is 0 Å². The van der Waals surface area contributed by atoms with Gasteiger partial charge in [0.1, 0.15) is 0 Å². The number of halogens is 4. The third-order valence-corrected chi connectivity index (χ3v) is 4.53. The molecule has 0 aliphatic carbocycles. The maximum Gasteiger partial charge on any atom is 0.573 e. The van der Waals surface area contributed by atoms with Crippen LogP contribution < -0.4 is 10.1 Å². The van der Waals surface area contributed by atoms with Crippen molar-refractivity contribution < 1.29 is 17.9 Å². The molecule has 1 aromatic carbocycles. The first kappa shape index (κ1) is 16.2. The van der Waals surface area contributed by atoms with Crippen molar-refractivity contribution in [3.8, 4) is 5.75 Å². The summed E-state index contributed by atoms with van der Waals surface area (Å²) in [7, 11) is 0. The van der Waals surface area contributed by atoms with Crippen molar-refractivity contribution in [1.82, 2.24) is 0 Å². The molecule has 0 saturated heterocycles. The SMILES string of the molecule is Cc1ccsc1C(C)Nc1ccc(Br)cc1OC(F)(F)F. The quantitative estimate of drug-likeness (QED) is 0.714. The second-order valence-electron chi connectivity index (χ2n) is 4.52. The van der Waals surface area contributed by atoms with E-state index in [1.165, 1.54) is 6.07 Å². The molecule has 114 valence electrons. The monoisotopic (exact) mass is 379 g/mol. The van der Waals surface area contributed by atoms with Gasteiger partial charge < -0.3 is 10.1 Å². The number of hydrogen-bond donors (Lipinski definition) is 1. The normalized spacial score (nSPS) is 13.0. The molecule has 0 bridgehead atoms. The molecule has 0 aliphatic heterocycles. The predicted molar refractivity (Wildman–Crippen MR) is 81.9 cm³/mol. The van der Waals surface area contributed by atoms with Gasteiger partial charge in [-0.25, -0.2) is 0 Å². The van der Waals surface area contributed by atoms with Crippen LogP contribution in [-0.4, -0.2) is 6.36 Å². The molecule has 0 fully saturated rings. The summed E-state index contributed by atoms with van der Waals surface area (Å²) < 4.78 is 42.0. The third kappa shape index (κ3) is 4.38. The lowest BCUT2D eigenvalue weighted by Gasteiger charge is -2.19. The van der Waals surface area contributed by atoms with Crippen LogP contribution in [0.3, 0.4) is 0 Å². The number of alkyl halides is 3. The minimum absolute atomic E-state index is 0.109. The van der Waals surface area contributed by atoms with E-state index in [0.717, 1.165) is 10.4 Å². The molecule has 0 aliphatic rings. The fourth-order valence-electron chi connectivity index (χ4n) is 1.95. The van der Waals surface area contributed by atoms with Gasteiger partial charge in [-0.15, -0.1) is 24.5 Å². The molecule has 2 aromatic rings. The van der Waals surface area contributed by atoms with E-state index in [0.29, 0.717) is 10.2 Å². The smallest absolute Gasteiger partial charge is 0.404 e. The summed E-state index contributed by atoms with van der Waals surface area (Å²) in [6.45, 7) is 3.87. The van der Waals surface area contributed by atoms with E-state index in [1.54, 1.807) is 23.5 Å². The van der Waals surface area contributed by atoms with Gasteiger partial charge >= 0.3 is 6.36 Å². The van der Waals surface area contributed by atoms with Gasteiger partial charge in [0, 0.05) is 9.35 Å². The first-order valence-corrected chi connectivity index (χ1v) is 7.79. The first-order chi connectivity index (χ1) is 9.76. The highest BCUT2D eigenvalue weighted by Crippen LogP contribution is 2.36. The Labute approximate surface area is 133 Å². The van der Waals surface area contributed by atoms with E-state index in [-0.39, 0.29) is 11.8 Å². The average Bonchev–Trinajstić information content (AvgIpc) is 2.77. The number of ether oxygens (including phenoxy) is 1.